The average molecular weight is 450 g/mol. The van der Waals surface area contributed by atoms with Gasteiger partial charge in [-0.05, 0) is 49.7 Å². The lowest BCUT2D eigenvalue weighted by atomic mass is 10.1. The van der Waals surface area contributed by atoms with E-state index >= 15 is 0 Å². The predicted octanol–water partition coefficient (Wildman–Crippen LogP) is 3.26. The van der Waals surface area contributed by atoms with Crippen LogP contribution in [0.5, 0.6) is 0 Å². The molecule has 164 valence electrons. The van der Waals surface area contributed by atoms with Crippen LogP contribution in [0.1, 0.15) is 47.7 Å². The Morgan fingerprint density at radius 1 is 0.906 bits per heavy atom. The number of amides is 1. The Balaban J connectivity index is 1.51. The third-order valence-corrected chi connectivity index (χ3v) is 6.65. The lowest BCUT2D eigenvalue weighted by molar-refractivity contribution is 0.0938. The molecule has 9 heteroatoms. The average Bonchev–Trinajstić information content (AvgIpc) is 3.24. The van der Waals surface area contributed by atoms with Crippen molar-refractivity contribution in [1.29, 1.82) is 0 Å². The van der Waals surface area contributed by atoms with Crippen LogP contribution < -0.4 is 10.0 Å². The number of aromatic nitrogens is 3. The number of fused-ring (bicyclic) bond motifs is 1. The second-order valence-corrected chi connectivity index (χ2v) is 9.18. The van der Waals surface area contributed by atoms with Crippen LogP contribution in [0.25, 0.3) is 5.65 Å². The fraction of sp³-hybridized carbons (Fsp3) is 0.174. The number of benzene rings is 2. The SMILES string of the molecule is CC(NS(=O)(=O)c1cccc(C(=O)NC(C)c2nnc3ccccn23)c1)c1ccccc1. The zero-order valence-electron chi connectivity index (χ0n) is 17.6. The molecular weight excluding hydrogens is 426 g/mol. The van der Waals surface area contributed by atoms with Crippen molar-refractivity contribution in [3.63, 3.8) is 0 Å². The van der Waals surface area contributed by atoms with Gasteiger partial charge in [0.2, 0.25) is 10.0 Å². The Kier molecular flexibility index (Phi) is 6.02. The van der Waals surface area contributed by atoms with Crippen molar-refractivity contribution in [2.24, 2.45) is 0 Å². The van der Waals surface area contributed by atoms with Gasteiger partial charge < -0.3 is 5.32 Å². The molecule has 4 aromatic rings. The van der Waals surface area contributed by atoms with Crippen molar-refractivity contribution in [1.82, 2.24) is 24.6 Å². The highest BCUT2D eigenvalue weighted by molar-refractivity contribution is 7.89. The summed E-state index contributed by atoms with van der Waals surface area (Å²) in [5, 5.41) is 11.1. The van der Waals surface area contributed by atoms with Crippen LogP contribution in [0.3, 0.4) is 0 Å². The van der Waals surface area contributed by atoms with Crippen molar-refractivity contribution >= 4 is 21.6 Å². The summed E-state index contributed by atoms with van der Waals surface area (Å²) in [6.45, 7) is 3.57. The molecular formula is C23H23N5O3S. The summed E-state index contributed by atoms with van der Waals surface area (Å²) in [4.78, 5) is 12.8. The van der Waals surface area contributed by atoms with Crippen molar-refractivity contribution in [3.05, 3.63) is 95.9 Å². The van der Waals surface area contributed by atoms with Crippen LogP contribution in [0.4, 0.5) is 0 Å². The summed E-state index contributed by atoms with van der Waals surface area (Å²) in [5.74, 6) is 0.175. The van der Waals surface area contributed by atoms with Gasteiger partial charge in [-0.25, -0.2) is 13.1 Å². The summed E-state index contributed by atoms with van der Waals surface area (Å²) in [6, 6.07) is 19.9. The van der Waals surface area contributed by atoms with Gasteiger partial charge in [0.05, 0.1) is 10.9 Å². The number of pyridine rings is 1. The van der Waals surface area contributed by atoms with E-state index in [1.807, 2.05) is 54.7 Å². The van der Waals surface area contributed by atoms with Gasteiger partial charge in [-0.2, -0.15) is 0 Å². The molecule has 0 saturated carbocycles. The Morgan fingerprint density at radius 3 is 2.44 bits per heavy atom. The molecule has 0 aliphatic rings. The Hall–Kier alpha value is -3.56. The first-order valence-corrected chi connectivity index (χ1v) is 11.6. The Labute approximate surface area is 186 Å². The van der Waals surface area contributed by atoms with E-state index in [-0.39, 0.29) is 10.5 Å². The molecule has 2 N–H and O–H groups in total. The maximum atomic E-state index is 12.9. The normalized spacial score (nSPS) is 13.6. The van der Waals surface area contributed by atoms with E-state index in [0.717, 1.165) is 5.56 Å². The third-order valence-electron chi connectivity index (χ3n) is 5.11. The van der Waals surface area contributed by atoms with Crippen LogP contribution in [-0.2, 0) is 10.0 Å². The number of sulfonamides is 1. The molecule has 0 bridgehead atoms. The van der Waals surface area contributed by atoms with Crippen molar-refractivity contribution < 1.29 is 13.2 Å². The first-order chi connectivity index (χ1) is 15.3. The van der Waals surface area contributed by atoms with E-state index in [9.17, 15) is 13.2 Å². The van der Waals surface area contributed by atoms with E-state index in [1.165, 1.54) is 12.1 Å². The van der Waals surface area contributed by atoms with Crippen LogP contribution in [0.15, 0.2) is 83.9 Å². The molecule has 32 heavy (non-hydrogen) atoms. The number of nitrogens with one attached hydrogen (secondary N) is 2. The number of nitrogens with zero attached hydrogens (tertiary/aromatic N) is 3. The Morgan fingerprint density at radius 2 is 1.66 bits per heavy atom. The fourth-order valence-corrected chi connectivity index (χ4v) is 4.69. The van der Waals surface area contributed by atoms with Crippen LogP contribution in [-0.4, -0.2) is 28.9 Å². The van der Waals surface area contributed by atoms with Crippen molar-refractivity contribution in [3.8, 4) is 0 Å². The molecule has 0 fully saturated rings. The van der Waals surface area contributed by atoms with E-state index < -0.39 is 28.0 Å². The second kappa shape index (κ2) is 8.89. The molecule has 0 saturated heterocycles. The molecule has 2 heterocycles. The maximum Gasteiger partial charge on any atom is 0.251 e. The molecule has 0 aliphatic heterocycles. The maximum absolute atomic E-state index is 12.9. The number of carbonyl (C=O) groups is 1. The monoisotopic (exact) mass is 449 g/mol. The van der Waals surface area contributed by atoms with E-state index in [1.54, 1.807) is 30.4 Å². The van der Waals surface area contributed by atoms with Crippen LogP contribution in [0, 0.1) is 0 Å². The van der Waals surface area contributed by atoms with Gasteiger partial charge in [0.15, 0.2) is 11.5 Å². The molecule has 0 spiro atoms. The quantitative estimate of drug-likeness (QED) is 0.451. The van der Waals surface area contributed by atoms with Gasteiger partial charge in [-0.3, -0.25) is 9.20 Å². The summed E-state index contributed by atoms with van der Waals surface area (Å²) >= 11 is 0. The lowest BCUT2D eigenvalue weighted by Crippen LogP contribution is -2.29. The summed E-state index contributed by atoms with van der Waals surface area (Å²) in [6.07, 6.45) is 1.82. The largest absolute Gasteiger partial charge is 0.342 e. The van der Waals surface area contributed by atoms with Crippen LogP contribution in [0.2, 0.25) is 0 Å². The topological polar surface area (TPSA) is 105 Å². The first-order valence-electron chi connectivity index (χ1n) is 10.1. The minimum atomic E-state index is -3.82. The minimum Gasteiger partial charge on any atom is -0.342 e. The molecule has 2 aromatic heterocycles. The highest BCUT2D eigenvalue weighted by Gasteiger charge is 2.21. The molecule has 4 rings (SSSR count). The first kappa shape index (κ1) is 21.7. The number of hydrogen-bond donors (Lipinski definition) is 2. The van der Waals surface area contributed by atoms with E-state index in [2.05, 4.69) is 20.2 Å². The molecule has 0 aliphatic carbocycles. The van der Waals surface area contributed by atoms with E-state index in [4.69, 9.17) is 0 Å². The molecule has 1 amide bonds. The predicted molar refractivity (Wildman–Crippen MR) is 120 cm³/mol. The zero-order chi connectivity index (χ0) is 22.7. The van der Waals surface area contributed by atoms with Crippen LogP contribution >= 0.6 is 0 Å². The highest BCUT2D eigenvalue weighted by atomic mass is 32.2. The molecule has 2 aromatic carbocycles. The number of rotatable bonds is 7. The third kappa shape index (κ3) is 4.53. The summed E-state index contributed by atoms with van der Waals surface area (Å²) in [5.41, 5.74) is 1.76. The number of carbonyl (C=O) groups excluding carboxylic acids is 1. The lowest BCUT2D eigenvalue weighted by Gasteiger charge is -2.16. The molecule has 2 unspecified atom stereocenters. The molecule has 2 atom stereocenters. The Bertz CT molecular complexity index is 1350. The standard InChI is InChI=1S/C23H23N5O3S/c1-16(18-9-4-3-5-10-18)27-32(30,31)20-12-8-11-19(15-20)23(29)24-17(2)22-26-25-21-13-6-7-14-28(21)22/h3-17,27H,1-2H3,(H,24,29). The number of hydrogen-bond acceptors (Lipinski definition) is 5. The van der Waals surface area contributed by atoms with Crippen molar-refractivity contribution in [2.45, 2.75) is 30.8 Å². The fourth-order valence-electron chi connectivity index (χ4n) is 3.41. The zero-order valence-corrected chi connectivity index (χ0v) is 18.5. The highest BCUT2D eigenvalue weighted by Crippen LogP contribution is 2.19. The summed E-state index contributed by atoms with van der Waals surface area (Å²) in [7, 11) is -3.82. The molecule has 8 nitrogen and oxygen atoms in total. The van der Waals surface area contributed by atoms with Gasteiger partial charge in [0.25, 0.3) is 5.91 Å². The summed E-state index contributed by atoms with van der Waals surface area (Å²) < 4.78 is 30.2. The smallest absolute Gasteiger partial charge is 0.251 e. The van der Waals surface area contributed by atoms with Gasteiger partial charge in [-0.1, -0.05) is 42.5 Å². The van der Waals surface area contributed by atoms with Crippen molar-refractivity contribution in [2.75, 3.05) is 0 Å². The van der Waals surface area contributed by atoms with Gasteiger partial charge in [-0.15, -0.1) is 10.2 Å². The van der Waals surface area contributed by atoms with E-state index in [0.29, 0.717) is 11.5 Å². The molecule has 0 radical (unpaired) electrons. The van der Waals surface area contributed by atoms with Gasteiger partial charge in [0, 0.05) is 17.8 Å². The van der Waals surface area contributed by atoms with Gasteiger partial charge in [0.1, 0.15) is 0 Å². The second-order valence-electron chi connectivity index (χ2n) is 7.46. The van der Waals surface area contributed by atoms with Gasteiger partial charge >= 0.3 is 0 Å². The minimum absolute atomic E-state index is 0.0218.